The predicted octanol–water partition coefficient (Wildman–Crippen LogP) is 6.21. The Kier molecular flexibility index (Phi) is 3.99. The number of hydrogen-bond acceptors (Lipinski definition) is 2. The molecular weight excluding hydrogens is 420 g/mol. The third-order valence-corrected chi connectivity index (χ3v) is 6.75. The van der Waals surface area contributed by atoms with Gasteiger partial charge in [0, 0.05) is 39.9 Å². The van der Waals surface area contributed by atoms with Gasteiger partial charge in [0.05, 0.1) is 11.6 Å². The zero-order valence-electron chi connectivity index (χ0n) is 18.2. The number of amides is 1. The fourth-order valence-electron chi connectivity index (χ4n) is 5.22. The van der Waals surface area contributed by atoms with Gasteiger partial charge in [-0.25, -0.2) is 4.98 Å². The van der Waals surface area contributed by atoms with E-state index >= 15 is 0 Å². The van der Waals surface area contributed by atoms with E-state index in [1.807, 2.05) is 18.2 Å². The summed E-state index contributed by atoms with van der Waals surface area (Å²) in [6.45, 7) is 0. The molecule has 0 radical (unpaired) electrons. The summed E-state index contributed by atoms with van der Waals surface area (Å²) in [6.07, 6.45) is 3.47. The third-order valence-electron chi connectivity index (χ3n) is 6.75. The number of carbonyl (C=O) groups excluding carboxylic acids is 1. The Labute approximate surface area is 195 Å². The maximum atomic E-state index is 13.4. The molecule has 0 bridgehead atoms. The second-order valence-corrected chi connectivity index (χ2v) is 8.63. The van der Waals surface area contributed by atoms with Crippen LogP contribution in [0.25, 0.3) is 44.3 Å². The van der Waals surface area contributed by atoms with Crippen molar-refractivity contribution < 1.29 is 4.79 Å². The number of nitrogens with one attached hydrogen (secondary N) is 3. The van der Waals surface area contributed by atoms with Gasteiger partial charge in [-0.1, -0.05) is 60.7 Å². The molecule has 3 N–H and O–H groups in total. The van der Waals surface area contributed by atoms with Crippen LogP contribution in [0.3, 0.4) is 0 Å². The Morgan fingerprint density at radius 3 is 2.62 bits per heavy atom. The van der Waals surface area contributed by atoms with Gasteiger partial charge < -0.3 is 15.3 Å². The first-order valence-corrected chi connectivity index (χ1v) is 11.3. The normalized spacial score (nSPS) is 14.3. The molecule has 34 heavy (non-hydrogen) atoms. The van der Waals surface area contributed by atoms with E-state index in [2.05, 4.69) is 80.9 Å². The lowest BCUT2D eigenvalue weighted by Gasteiger charge is -2.17. The van der Waals surface area contributed by atoms with Crippen LogP contribution in [-0.4, -0.2) is 20.9 Å². The molecule has 6 aromatic rings. The van der Waals surface area contributed by atoms with Crippen molar-refractivity contribution in [3.63, 3.8) is 0 Å². The van der Waals surface area contributed by atoms with Crippen molar-refractivity contribution in [2.75, 3.05) is 0 Å². The number of para-hydroxylation sites is 1. The summed E-state index contributed by atoms with van der Waals surface area (Å²) < 4.78 is 0. The van der Waals surface area contributed by atoms with Gasteiger partial charge in [0.1, 0.15) is 5.65 Å². The number of H-pyrrole nitrogens is 2. The SMILES string of the molecule is O=C(NC1c2ccccc2-c2c(-c3cc4ccccc4[nH]3)cccc21)c1ccnc2[nH]ccc12. The number of nitrogens with zero attached hydrogens (tertiary/aromatic N) is 1. The number of pyridine rings is 1. The van der Waals surface area contributed by atoms with Crippen LogP contribution in [-0.2, 0) is 0 Å². The largest absolute Gasteiger partial charge is 0.355 e. The van der Waals surface area contributed by atoms with Gasteiger partial charge in [0.25, 0.3) is 5.91 Å². The number of aromatic amines is 2. The quantitative estimate of drug-likeness (QED) is 0.306. The topological polar surface area (TPSA) is 73.6 Å². The molecule has 162 valence electrons. The molecule has 3 aromatic carbocycles. The van der Waals surface area contributed by atoms with Crippen LogP contribution in [0.4, 0.5) is 0 Å². The van der Waals surface area contributed by atoms with Gasteiger partial charge in [-0.3, -0.25) is 4.79 Å². The van der Waals surface area contributed by atoms with Crippen molar-refractivity contribution in [1.29, 1.82) is 0 Å². The highest BCUT2D eigenvalue weighted by Gasteiger charge is 2.32. The molecule has 0 fully saturated rings. The van der Waals surface area contributed by atoms with Crippen molar-refractivity contribution in [2.24, 2.45) is 0 Å². The average Bonchev–Trinajstić information content (AvgIpc) is 3.60. The molecule has 0 aliphatic heterocycles. The van der Waals surface area contributed by atoms with Crippen molar-refractivity contribution in [2.45, 2.75) is 6.04 Å². The molecule has 3 heterocycles. The lowest BCUT2D eigenvalue weighted by molar-refractivity contribution is 0.0945. The fraction of sp³-hybridized carbons (Fsp3) is 0.0345. The molecule has 1 atom stereocenters. The average molecular weight is 441 g/mol. The van der Waals surface area contributed by atoms with Gasteiger partial charge in [0.15, 0.2) is 0 Å². The molecule has 3 aromatic heterocycles. The molecule has 1 amide bonds. The van der Waals surface area contributed by atoms with E-state index in [4.69, 9.17) is 0 Å². The number of fused-ring (bicyclic) bond motifs is 5. The fourth-order valence-corrected chi connectivity index (χ4v) is 5.22. The van der Waals surface area contributed by atoms with Crippen molar-refractivity contribution >= 4 is 27.8 Å². The lowest BCUT2D eigenvalue weighted by Crippen LogP contribution is -2.28. The highest BCUT2D eigenvalue weighted by Crippen LogP contribution is 2.48. The molecule has 1 unspecified atom stereocenters. The summed E-state index contributed by atoms with van der Waals surface area (Å²) in [4.78, 5) is 24.4. The standard InChI is InChI=1S/C29H20N4O/c34-29(21-13-15-31-28-20(21)12-14-30-28)33-27-19-8-3-2-7-18(19)26-22(9-5-10-23(26)27)25-16-17-6-1-4-11-24(17)32-25/h1-16,27,32H,(H,30,31)(H,33,34). The Balaban J connectivity index is 1.36. The second-order valence-electron chi connectivity index (χ2n) is 8.63. The molecule has 5 heteroatoms. The Morgan fingerprint density at radius 1 is 0.853 bits per heavy atom. The number of carbonyl (C=O) groups is 1. The van der Waals surface area contributed by atoms with E-state index < -0.39 is 0 Å². The minimum atomic E-state index is -0.231. The smallest absolute Gasteiger partial charge is 0.252 e. The van der Waals surface area contributed by atoms with Crippen molar-refractivity contribution in [3.05, 3.63) is 114 Å². The summed E-state index contributed by atoms with van der Waals surface area (Å²) in [5, 5.41) is 5.30. The third kappa shape index (κ3) is 2.74. The molecule has 1 aliphatic rings. The minimum absolute atomic E-state index is 0.115. The van der Waals surface area contributed by atoms with Gasteiger partial charge in [0.2, 0.25) is 0 Å². The van der Waals surface area contributed by atoms with Gasteiger partial charge in [-0.05, 0) is 46.5 Å². The van der Waals surface area contributed by atoms with Gasteiger partial charge in [-0.2, -0.15) is 0 Å². The van der Waals surface area contributed by atoms with Crippen molar-refractivity contribution in [1.82, 2.24) is 20.3 Å². The van der Waals surface area contributed by atoms with E-state index in [1.165, 1.54) is 5.39 Å². The van der Waals surface area contributed by atoms with E-state index in [0.717, 1.165) is 44.4 Å². The number of aromatic nitrogens is 3. The van der Waals surface area contributed by atoms with Crippen LogP contribution in [0.5, 0.6) is 0 Å². The van der Waals surface area contributed by atoms with E-state index in [1.54, 1.807) is 18.5 Å². The Morgan fingerprint density at radius 2 is 1.68 bits per heavy atom. The van der Waals surface area contributed by atoms with Gasteiger partial charge >= 0.3 is 0 Å². The highest BCUT2D eigenvalue weighted by molar-refractivity contribution is 6.06. The van der Waals surface area contributed by atoms with Crippen LogP contribution in [0.2, 0.25) is 0 Å². The maximum Gasteiger partial charge on any atom is 0.252 e. The number of benzene rings is 3. The summed E-state index contributed by atoms with van der Waals surface area (Å²) >= 11 is 0. The first-order valence-electron chi connectivity index (χ1n) is 11.3. The first kappa shape index (κ1) is 18.9. The summed E-state index contributed by atoms with van der Waals surface area (Å²) in [6, 6.07) is 28.6. The van der Waals surface area contributed by atoms with E-state index in [0.29, 0.717) is 11.2 Å². The van der Waals surface area contributed by atoms with Gasteiger partial charge in [-0.15, -0.1) is 0 Å². The van der Waals surface area contributed by atoms with Crippen LogP contribution >= 0.6 is 0 Å². The molecule has 5 nitrogen and oxygen atoms in total. The molecule has 0 spiro atoms. The first-order chi connectivity index (χ1) is 16.8. The number of rotatable bonds is 3. The molecule has 0 saturated heterocycles. The number of hydrogen-bond donors (Lipinski definition) is 3. The van der Waals surface area contributed by atoms with Crippen LogP contribution in [0.15, 0.2) is 97.3 Å². The molecular formula is C29H20N4O. The van der Waals surface area contributed by atoms with Crippen LogP contribution in [0, 0.1) is 0 Å². The zero-order valence-corrected chi connectivity index (χ0v) is 18.2. The maximum absolute atomic E-state index is 13.4. The Hall–Kier alpha value is -4.64. The van der Waals surface area contributed by atoms with E-state index in [9.17, 15) is 4.79 Å². The summed E-state index contributed by atoms with van der Waals surface area (Å²) in [5.74, 6) is -0.115. The monoisotopic (exact) mass is 440 g/mol. The lowest BCUT2D eigenvalue weighted by atomic mass is 9.97. The van der Waals surface area contributed by atoms with Crippen LogP contribution < -0.4 is 5.32 Å². The zero-order chi connectivity index (χ0) is 22.6. The predicted molar refractivity (Wildman–Crippen MR) is 135 cm³/mol. The van der Waals surface area contributed by atoms with E-state index in [-0.39, 0.29) is 11.9 Å². The minimum Gasteiger partial charge on any atom is -0.355 e. The highest BCUT2D eigenvalue weighted by atomic mass is 16.1. The summed E-state index contributed by atoms with van der Waals surface area (Å²) in [5.41, 5.74) is 9.16. The molecule has 1 aliphatic carbocycles. The van der Waals surface area contributed by atoms with Crippen molar-refractivity contribution in [3.8, 4) is 22.4 Å². The summed E-state index contributed by atoms with van der Waals surface area (Å²) in [7, 11) is 0. The molecule has 0 saturated carbocycles. The Bertz CT molecular complexity index is 1690. The van der Waals surface area contributed by atoms with Crippen LogP contribution in [0.1, 0.15) is 27.5 Å². The second kappa shape index (κ2) is 7.18. The molecule has 7 rings (SSSR count).